The van der Waals surface area contributed by atoms with Crippen LogP contribution < -0.4 is 26.0 Å². The molecule has 1 aromatic carbocycles. The summed E-state index contributed by atoms with van der Waals surface area (Å²) in [4.78, 5) is 40.8. The zero-order valence-electron chi connectivity index (χ0n) is 24.6. The normalized spacial score (nSPS) is 21.8. The zero-order valence-corrected chi connectivity index (χ0v) is 24.6. The highest BCUT2D eigenvalue weighted by molar-refractivity contribution is 5.96. The van der Waals surface area contributed by atoms with Crippen molar-refractivity contribution in [1.29, 1.82) is 0 Å². The molecule has 0 unspecified atom stereocenters. The van der Waals surface area contributed by atoms with Crippen LogP contribution in [0.4, 0.5) is 26.1 Å². The lowest BCUT2D eigenvalue weighted by molar-refractivity contribution is -0.0582. The van der Waals surface area contributed by atoms with E-state index in [4.69, 9.17) is 15.5 Å². The monoisotopic (exact) mass is 605 g/mol. The lowest BCUT2D eigenvalue weighted by Crippen LogP contribution is -2.54. The highest BCUT2D eigenvalue weighted by atomic mass is 19.3. The molecule has 44 heavy (non-hydrogen) atoms. The molecule has 2 saturated carbocycles. The number of hydrogen-bond acceptors (Lipinski definition) is 8. The highest BCUT2D eigenvalue weighted by Gasteiger charge is 2.36. The molecule has 2 aliphatic carbocycles. The van der Waals surface area contributed by atoms with Gasteiger partial charge in [-0.15, -0.1) is 0 Å². The lowest BCUT2D eigenvalue weighted by Gasteiger charge is -2.40. The lowest BCUT2D eigenvalue weighted by atomic mass is 9.94. The van der Waals surface area contributed by atoms with Crippen LogP contribution in [0.5, 0.6) is 5.75 Å². The van der Waals surface area contributed by atoms with Crippen molar-refractivity contribution in [3.05, 3.63) is 65.7 Å². The van der Waals surface area contributed by atoms with Crippen LogP contribution in [-0.2, 0) is 0 Å². The second-order valence-electron chi connectivity index (χ2n) is 12.0. The van der Waals surface area contributed by atoms with Gasteiger partial charge in [0, 0.05) is 55.0 Å². The first-order valence-electron chi connectivity index (χ1n) is 15.3. The largest absolute Gasteiger partial charge is 0.490 e. The summed E-state index contributed by atoms with van der Waals surface area (Å²) in [5, 5.41) is 6.30. The quantitative estimate of drug-likeness (QED) is 0.298. The summed E-state index contributed by atoms with van der Waals surface area (Å²) in [6, 6.07) is 10.6. The summed E-state index contributed by atoms with van der Waals surface area (Å²) in [7, 11) is 0. The summed E-state index contributed by atoms with van der Waals surface area (Å²) in [6.07, 6.45) is 7.15. The number of rotatable bonds is 9. The number of nitrogens with zero attached hydrogens (tertiary/aromatic N) is 4. The predicted octanol–water partition coefficient (Wildman–Crippen LogP) is 5.34. The molecule has 12 heteroatoms. The fourth-order valence-corrected chi connectivity index (χ4v) is 5.93. The van der Waals surface area contributed by atoms with Crippen molar-refractivity contribution in [3.8, 4) is 5.75 Å². The molecule has 0 radical (unpaired) electrons. The van der Waals surface area contributed by atoms with E-state index in [1.54, 1.807) is 30.5 Å². The van der Waals surface area contributed by atoms with E-state index < -0.39 is 11.8 Å². The van der Waals surface area contributed by atoms with E-state index in [0.717, 1.165) is 31.4 Å². The van der Waals surface area contributed by atoms with Crippen molar-refractivity contribution in [2.45, 2.75) is 88.3 Å². The summed E-state index contributed by atoms with van der Waals surface area (Å²) < 4.78 is 32.8. The van der Waals surface area contributed by atoms with Crippen LogP contribution in [0.25, 0.3) is 0 Å². The zero-order chi connectivity index (χ0) is 30.8. The fourth-order valence-electron chi connectivity index (χ4n) is 5.93. The summed E-state index contributed by atoms with van der Waals surface area (Å²) in [6.45, 7) is 2.73. The molecule has 10 nitrogen and oxygen atoms in total. The molecule has 3 aliphatic rings. The average Bonchev–Trinajstić information content (AvgIpc) is 3.86. The van der Waals surface area contributed by atoms with Crippen LogP contribution in [-0.4, -0.2) is 57.4 Å². The fraction of sp³-hybridized carbons (Fsp3) is 0.469. The molecular formula is C32H37F2N7O3. The molecule has 3 aromatic rings. The second-order valence-corrected chi connectivity index (χ2v) is 12.0. The molecular weight excluding hydrogens is 568 g/mol. The third-order valence-electron chi connectivity index (χ3n) is 8.72. The van der Waals surface area contributed by atoms with Gasteiger partial charge in [0.05, 0.1) is 17.9 Å². The first-order chi connectivity index (χ1) is 21.1. The van der Waals surface area contributed by atoms with E-state index in [-0.39, 0.29) is 48.4 Å². The minimum atomic E-state index is -2.61. The van der Waals surface area contributed by atoms with Gasteiger partial charge in [0.1, 0.15) is 11.6 Å². The van der Waals surface area contributed by atoms with Gasteiger partial charge in [-0.25, -0.2) is 18.7 Å². The number of aromatic nitrogens is 3. The van der Waals surface area contributed by atoms with Crippen LogP contribution in [0.15, 0.2) is 48.8 Å². The van der Waals surface area contributed by atoms with Crippen LogP contribution in [0.2, 0.25) is 0 Å². The smallest absolute Gasteiger partial charge is 0.271 e. The van der Waals surface area contributed by atoms with Crippen LogP contribution in [0, 0.1) is 0 Å². The van der Waals surface area contributed by atoms with Gasteiger partial charge in [0.2, 0.25) is 5.92 Å². The first kappa shape index (κ1) is 29.7. The van der Waals surface area contributed by atoms with Gasteiger partial charge in [-0.2, -0.15) is 0 Å². The average molecular weight is 606 g/mol. The number of anilines is 3. The Bertz CT molecular complexity index is 1490. The topological polar surface area (TPSA) is 135 Å². The minimum absolute atomic E-state index is 0.00568. The van der Waals surface area contributed by atoms with E-state index in [9.17, 15) is 18.4 Å². The van der Waals surface area contributed by atoms with Gasteiger partial charge in [0.25, 0.3) is 11.8 Å². The van der Waals surface area contributed by atoms with E-state index in [1.165, 1.54) is 6.20 Å². The number of ether oxygens (including phenoxy) is 1. The molecule has 2 atom stereocenters. The maximum absolute atomic E-state index is 13.5. The van der Waals surface area contributed by atoms with Gasteiger partial charge >= 0.3 is 0 Å². The Hall–Kier alpha value is -4.35. The summed E-state index contributed by atoms with van der Waals surface area (Å²) in [5.74, 6) is -1.64. The predicted molar refractivity (Wildman–Crippen MR) is 162 cm³/mol. The van der Waals surface area contributed by atoms with Crippen molar-refractivity contribution in [2.75, 3.05) is 16.8 Å². The third-order valence-corrected chi connectivity index (χ3v) is 8.72. The minimum Gasteiger partial charge on any atom is -0.490 e. The Morgan fingerprint density at radius 3 is 2.41 bits per heavy atom. The molecule has 2 amide bonds. The van der Waals surface area contributed by atoms with Gasteiger partial charge in [0.15, 0.2) is 11.5 Å². The van der Waals surface area contributed by atoms with Crippen molar-refractivity contribution in [2.24, 2.45) is 5.73 Å². The Morgan fingerprint density at radius 1 is 1.00 bits per heavy atom. The number of carbonyl (C=O) groups excluding carboxylic acids is 2. The molecule has 1 saturated heterocycles. The molecule has 6 rings (SSSR count). The van der Waals surface area contributed by atoms with Gasteiger partial charge in [-0.3, -0.25) is 14.6 Å². The molecule has 4 N–H and O–H groups in total. The van der Waals surface area contributed by atoms with Crippen molar-refractivity contribution < 1.29 is 23.1 Å². The number of hydrogen-bond donors (Lipinski definition) is 3. The van der Waals surface area contributed by atoms with E-state index in [1.807, 2.05) is 19.1 Å². The molecule has 232 valence electrons. The number of piperidine rings is 1. The Balaban J connectivity index is 1.12. The maximum Gasteiger partial charge on any atom is 0.271 e. The standard InChI is InChI=1S/C32H37F2N7O3/c1-19-25(39-31(43)21-6-11-26(36-17-21)20-4-5-20)3-2-16-41(19)27-18-37-28(29(35)42)30(40-27)38-22-7-9-23(10-8-22)44-24-12-14-32(33,34)15-13-24/h6-11,17-20,24-25H,2-5,12-16H2,1H3,(H2,35,42)(H,38,40)(H,39,43)/t19-,25-/m1/s1. The number of nitrogens with two attached hydrogens (primary N) is 1. The molecule has 3 heterocycles. The molecule has 0 spiro atoms. The molecule has 1 aliphatic heterocycles. The Morgan fingerprint density at radius 2 is 1.75 bits per heavy atom. The summed E-state index contributed by atoms with van der Waals surface area (Å²) >= 11 is 0. The van der Waals surface area contributed by atoms with E-state index in [0.29, 0.717) is 48.1 Å². The Kier molecular flexibility index (Phi) is 8.33. The van der Waals surface area contributed by atoms with Crippen molar-refractivity contribution in [1.82, 2.24) is 20.3 Å². The number of amides is 2. The SMILES string of the molecule is C[C@@H]1[C@H](NC(=O)c2ccc(C3CC3)nc2)CCCN1c1cnc(C(N)=O)c(Nc2ccc(OC3CCC(F)(F)CC3)cc2)n1. The number of primary amides is 1. The van der Waals surface area contributed by atoms with Gasteiger partial charge < -0.3 is 26.0 Å². The van der Waals surface area contributed by atoms with Crippen LogP contribution in [0.1, 0.15) is 90.7 Å². The number of nitrogens with one attached hydrogen (secondary N) is 2. The molecule has 0 bridgehead atoms. The van der Waals surface area contributed by atoms with Crippen LogP contribution >= 0.6 is 0 Å². The number of benzene rings is 1. The number of pyridine rings is 1. The molecule has 2 aromatic heterocycles. The van der Waals surface area contributed by atoms with E-state index in [2.05, 4.69) is 25.5 Å². The van der Waals surface area contributed by atoms with Crippen molar-refractivity contribution in [3.63, 3.8) is 0 Å². The van der Waals surface area contributed by atoms with Crippen LogP contribution in [0.3, 0.4) is 0 Å². The van der Waals surface area contributed by atoms with Gasteiger partial charge in [-0.1, -0.05) is 0 Å². The summed E-state index contributed by atoms with van der Waals surface area (Å²) in [5.41, 5.74) is 7.81. The third kappa shape index (κ3) is 6.89. The maximum atomic E-state index is 13.5. The highest BCUT2D eigenvalue weighted by Crippen LogP contribution is 2.39. The van der Waals surface area contributed by atoms with Gasteiger partial charge in [-0.05, 0) is 81.8 Å². The van der Waals surface area contributed by atoms with E-state index >= 15 is 0 Å². The number of alkyl halides is 2. The Labute approximate surface area is 254 Å². The first-order valence-corrected chi connectivity index (χ1v) is 15.3. The number of halogens is 2. The molecule has 3 fully saturated rings. The number of carbonyl (C=O) groups is 2. The second kappa shape index (κ2) is 12.3. The van der Waals surface area contributed by atoms with Crippen molar-refractivity contribution >= 4 is 29.1 Å².